The molecule has 83 heavy (non-hydrogen) atoms. The molecule has 0 fully saturated rings. The molecule has 0 radical (unpaired) electrons. The van der Waals surface area contributed by atoms with E-state index in [9.17, 15) is 14.4 Å². The van der Waals surface area contributed by atoms with E-state index in [0.29, 0.717) is 19.3 Å². The predicted octanol–water partition coefficient (Wildman–Crippen LogP) is 25.5. The molecule has 0 aromatic rings. The molecule has 0 aromatic carbocycles. The average Bonchev–Trinajstić information content (AvgIpc) is 3.49. The quantitative estimate of drug-likeness (QED) is 0.0261. The molecule has 6 nitrogen and oxygen atoms in total. The number of hydrogen-bond donors (Lipinski definition) is 0. The van der Waals surface area contributed by atoms with Gasteiger partial charge in [-0.05, 0) is 109 Å². The summed E-state index contributed by atoms with van der Waals surface area (Å²) in [4.78, 5) is 38.4. The second-order valence-corrected chi connectivity index (χ2v) is 24.8. The van der Waals surface area contributed by atoms with Crippen molar-refractivity contribution in [1.82, 2.24) is 0 Å². The number of rotatable bonds is 68. The largest absolute Gasteiger partial charge is 0.462 e. The van der Waals surface area contributed by atoms with Crippen LogP contribution in [0.25, 0.3) is 0 Å². The Labute approximate surface area is 517 Å². The van der Waals surface area contributed by atoms with Gasteiger partial charge < -0.3 is 14.2 Å². The highest BCUT2D eigenvalue weighted by Gasteiger charge is 2.19. The molecule has 0 amide bonds. The van der Waals surface area contributed by atoms with Crippen LogP contribution in [0.2, 0.25) is 0 Å². The first-order valence-electron chi connectivity index (χ1n) is 36.8. The third-order valence-electron chi connectivity index (χ3n) is 16.5. The Morgan fingerprint density at radius 3 is 0.687 bits per heavy atom. The number of unbranched alkanes of at least 4 members (excludes halogenated alkanes) is 47. The van der Waals surface area contributed by atoms with Crippen LogP contribution in [-0.2, 0) is 28.6 Å². The zero-order chi connectivity index (χ0) is 59.9. The van der Waals surface area contributed by atoms with E-state index < -0.39 is 6.10 Å². The van der Waals surface area contributed by atoms with E-state index in [4.69, 9.17) is 14.2 Å². The fraction of sp³-hybridized carbons (Fsp3) is 0.831. The summed E-state index contributed by atoms with van der Waals surface area (Å²) in [5.74, 6) is -0.887. The molecule has 0 aliphatic rings. The summed E-state index contributed by atoms with van der Waals surface area (Å²) in [7, 11) is 0. The van der Waals surface area contributed by atoms with Crippen molar-refractivity contribution in [2.45, 2.75) is 399 Å². The highest BCUT2D eigenvalue weighted by atomic mass is 16.6. The summed E-state index contributed by atoms with van der Waals surface area (Å²) >= 11 is 0. The fourth-order valence-corrected chi connectivity index (χ4v) is 10.9. The highest BCUT2D eigenvalue weighted by Crippen LogP contribution is 2.18. The van der Waals surface area contributed by atoms with Crippen molar-refractivity contribution in [2.75, 3.05) is 13.2 Å². The van der Waals surface area contributed by atoms with Crippen LogP contribution in [0.3, 0.4) is 0 Å². The number of ether oxygens (including phenoxy) is 3. The fourth-order valence-electron chi connectivity index (χ4n) is 10.9. The zero-order valence-corrected chi connectivity index (χ0v) is 55.7. The zero-order valence-electron chi connectivity index (χ0n) is 55.7. The SMILES string of the molecule is CCCCCC/C=C\C/C=C\CCCCCCCC(=O)OCC(COC(=O)CCCCCCCCCCCCCCCCCCCCCCC/C=C\CCCCCCCCCC)OC(=O)CCCCCCC/C=C\C/C=C\CCCCCC. The van der Waals surface area contributed by atoms with Crippen molar-refractivity contribution < 1.29 is 28.6 Å². The maximum absolute atomic E-state index is 12.9. The molecule has 484 valence electrons. The molecule has 0 aromatic heterocycles. The molecule has 0 aliphatic heterocycles. The van der Waals surface area contributed by atoms with Gasteiger partial charge in [0.1, 0.15) is 13.2 Å². The van der Waals surface area contributed by atoms with E-state index >= 15 is 0 Å². The van der Waals surface area contributed by atoms with E-state index in [1.165, 1.54) is 250 Å². The first kappa shape index (κ1) is 80.1. The summed E-state index contributed by atoms with van der Waals surface area (Å²) in [6.45, 7) is 6.64. The molecular weight excluding hydrogens is 1020 g/mol. The smallest absolute Gasteiger partial charge is 0.306 e. The van der Waals surface area contributed by atoms with Crippen LogP contribution < -0.4 is 0 Å². The molecule has 6 heteroatoms. The number of esters is 3. The van der Waals surface area contributed by atoms with Crippen molar-refractivity contribution in [2.24, 2.45) is 0 Å². The predicted molar refractivity (Wildman–Crippen MR) is 362 cm³/mol. The van der Waals surface area contributed by atoms with Gasteiger partial charge in [-0.3, -0.25) is 14.4 Å². The van der Waals surface area contributed by atoms with E-state index in [-0.39, 0.29) is 31.1 Å². The normalized spacial score (nSPS) is 12.4. The van der Waals surface area contributed by atoms with Crippen LogP contribution in [0.1, 0.15) is 393 Å². The lowest BCUT2D eigenvalue weighted by Gasteiger charge is -2.18. The number of hydrogen-bond acceptors (Lipinski definition) is 6. The summed E-state index contributed by atoms with van der Waals surface area (Å²) < 4.78 is 17.0. The van der Waals surface area contributed by atoms with Gasteiger partial charge in [0.05, 0.1) is 0 Å². The van der Waals surface area contributed by atoms with Crippen LogP contribution in [0.15, 0.2) is 60.8 Å². The van der Waals surface area contributed by atoms with Gasteiger partial charge in [0.25, 0.3) is 0 Å². The topological polar surface area (TPSA) is 78.9 Å². The summed E-state index contributed by atoms with van der Waals surface area (Å²) in [5, 5.41) is 0. The van der Waals surface area contributed by atoms with Gasteiger partial charge in [-0.25, -0.2) is 0 Å². The first-order valence-corrected chi connectivity index (χ1v) is 36.8. The minimum Gasteiger partial charge on any atom is -0.462 e. The standard InChI is InChI=1S/C77H140O6/c1-4-7-10-13-16-19-22-25-28-31-32-33-34-35-36-37-38-39-40-41-42-43-44-45-46-47-50-52-55-58-61-64-67-70-76(79)82-73-74(83-77(80)71-68-65-62-59-56-53-49-30-27-24-21-18-15-12-9-6-3)72-81-75(78)69-66-63-60-57-54-51-48-29-26-23-20-17-14-11-8-5-2/h20-21,23-24,29-32,48-49,74H,4-19,22,25-28,33-47,50-73H2,1-3H3/b23-20-,24-21-,32-31-,48-29-,49-30-. The highest BCUT2D eigenvalue weighted by molar-refractivity contribution is 5.71. The number of carbonyl (C=O) groups excluding carboxylic acids is 3. The molecule has 0 bridgehead atoms. The molecule has 0 N–H and O–H groups in total. The van der Waals surface area contributed by atoms with Gasteiger partial charge in [0, 0.05) is 19.3 Å². The monoisotopic (exact) mass is 1160 g/mol. The first-order chi connectivity index (χ1) is 41.0. The van der Waals surface area contributed by atoms with E-state index in [1.807, 2.05) is 0 Å². The molecule has 0 rings (SSSR count). The Kier molecular flexibility index (Phi) is 69.1. The molecule has 1 unspecified atom stereocenters. The molecular formula is C77H140O6. The van der Waals surface area contributed by atoms with Crippen molar-refractivity contribution in [1.29, 1.82) is 0 Å². The third kappa shape index (κ3) is 69.8. The summed E-state index contributed by atoms with van der Waals surface area (Å²) in [6, 6.07) is 0. The van der Waals surface area contributed by atoms with Crippen LogP contribution in [0.4, 0.5) is 0 Å². The molecule has 0 saturated carbocycles. The lowest BCUT2D eigenvalue weighted by Crippen LogP contribution is -2.30. The van der Waals surface area contributed by atoms with Gasteiger partial charge in [0.15, 0.2) is 6.10 Å². The molecule has 0 spiro atoms. The maximum Gasteiger partial charge on any atom is 0.306 e. The van der Waals surface area contributed by atoms with Crippen LogP contribution in [0, 0.1) is 0 Å². The molecule has 0 saturated heterocycles. The maximum atomic E-state index is 12.9. The van der Waals surface area contributed by atoms with Gasteiger partial charge in [-0.15, -0.1) is 0 Å². The van der Waals surface area contributed by atoms with Crippen LogP contribution in [0.5, 0.6) is 0 Å². The van der Waals surface area contributed by atoms with Crippen molar-refractivity contribution >= 4 is 17.9 Å². The van der Waals surface area contributed by atoms with Gasteiger partial charge in [0.2, 0.25) is 0 Å². The van der Waals surface area contributed by atoms with E-state index in [1.54, 1.807) is 0 Å². The minimum absolute atomic E-state index is 0.0811. The summed E-state index contributed by atoms with van der Waals surface area (Å²) in [6.07, 6.45) is 92.7. The van der Waals surface area contributed by atoms with Crippen molar-refractivity contribution in [3.05, 3.63) is 60.8 Å². The molecule has 0 heterocycles. The minimum atomic E-state index is -0.788. The summed E-state index contributed by atoms with van der Waals surface area (Å²) in [5.41, 5.74) is 0. The van der Waals surface area contributed by atoms with Crippen molar-refractivity contribution in [3.63, 3.8) is 0 Å². The molecule has 1 atom stereocenters. The third-order valence-corrected chi connectivity index (χ3v) is 16.5. The Morgan fingerprint density at radius 1 is 0.241 bits per heavy atom. The number of carbonyl (C=O) groups is 3. The van der Waals surface area contributed by atoms with Gasteiger partial charge in [-0.2, -0.15) is 0 Å². The second-order valence-electron chi connectivity index (χ2n) is 24.8. The Bertz CT molecular complexity index is 1470. The van der Waals surface area contributed by atoms with Gasteiger partial charge >= 0.3 is 17.9 Å². The lowest BCUT2D eigenvalue weighted by molar-refractivity contribution is -0.167. The van der Waals surface area contributed by atoms with Crippen molar-refractivity contribution in [3.8, 4) is 0 Å². The Balaban J connectivity index is 4.17. The Morgan fingerprint density at radius 2 is 0.434 bits per heavy atom. The number of allylic oxidation sites excluding steroid dienone is 10. The van der Waals surface area contributed by atoms with Gasteiger partial charge in [-0.1, -0.05) is 326 Å². The second kappa shape index (κ2) is 71.6. The van der Waals surface area contributed by atoms with E-state index in [0.717, 1.165) is 103 Å². The average molecular weight is 1160 g/mol. The van der Waals surface area contributed by atoms with Crippen LogP contribution >= 0.6 is 0 Å². The molecule has 0 aliphatic carbocycles. The van der Waals surface area contributed by atoms with E-state index in [2.05, 4.69) is 81.5 Å². The lowest BCUT2D eigenvalue weighted by atomic mass is 10.0. The Hall–Kier alpha value is -2.89. The van der Waals surface area contributed by atoms with Crippen LogP contribution in [-0.4, -0.2) is 37.2 Å².